The van der Waals surface area contributed by atoms with Gasteiger partial charge >= 0.3 is 6.03 Å². The van der Waals surface area contributed by atoms with Gasteiger partial charge in [-0.1, -0.05) is 130 Å². The standard InChI is InChI=1S/C43H62N4O4/c1-27(2)32-19-15-20-33(28(3)4)37(32)43(25-36(44)48,39(49)45-38-34(29(5)6)21-16-22-35(38)30(7)8)47-40(50)42(23-13-10-14-24-42)46(41(47)51)26-31-17-11-9-12-18-31/h15-16,19-22,27-31H,9-14,17-18,23-26H2,1-8H3,(H2,44,48)(H,45,49). The van der Waals surface area contributed by atoms with Crippen molar-refractivity contribution >= 4 is 29.4 Å². The first-order valence-corrected chi connectivity index (χ1v) is 19.7. The number of anilines is 1. The van der Waals surface area contributed by atoms with E-state index in [2.05, 4.69) is 33.0 Å². The first kappa shape index (κ1) is 38.5. The number of carbonyl (C=O) groups is 4. The number of primary amides is 1. The van der Waals surface area contributed by atoms with Crippen molar-refractivity contribution in [2.45, 2.75) is 161 Å². The predicted molar refractivity (Wildman–Crippen MR) is 205 cm³/mol. The molecule has 5 amide bonds. The van der Waals surface area contributed by atoms with Gasteiger partial charge in [0.1, 0.15) is 5.54 Å². The van der Waals surface area contributed by atoms with E-state index < -0.39 is 35.3 Å². The minimum absolute atomic E-state index is 0.0743. The van der Waals surface area contributed by atoms with Gasteiger partial charge in [0.05, 0.1) is 6.42 Å². The number of para-hydroxylation sites is 1. The monoisotopic (exact) mass is 698 g/mol. The molecule has 1 unspecified atom stereocenters. The fourth-order valence-electron chi connectivity index (χ4n) is 9.32. The number of nitrogens with one attached hydrogen (secondary N) is 1. The zero-order valence-corrected chi connectivity index (χ0v) is 32.4. The number of amides is 5. The SMILES string of the molecule is CC(C)c1cccc(C(C)C)c1NC(=O)C(CC(N)=O)(c1c(C(C)C)cccc1C(C)C)N1C(=O)N(CC2CCCCC2)C2(CCCCC2)C1=O. The van der Waals surface area contributed by atoms with Gasteiger partial charge in [-0.2, -0.15) is 0 Å². The average Bonchev–Trinajstić information content (AvgIpc) is 3.28. The van der Waals surface area contributed by atoms with Crippen molar-refractivity contribution in [2.75, 3.05) is 11.9 Å². The van der Waals surface area contributed by atoms with Crippen molar-refractivity contribution in [3.8, 4) is 0 Å². The molecule has 5 rings (SSSR count). The highest BCUT2D eigenvalue weighted by molar-refractivity contribution is 6.14. The molecule has 8 heteroatoms. The molecule has 1 spiro atoms. The molecule has 2 aliphatic carbocycles. The lowest BCUT2D eigenvalue weighted by atomic mass is 9.73. The van der Waals surface area contributed by atoms with Crippen molar-refractivity contribution in [3.05, 3.63) is 64.2 Å². The van der Waals surface area contributed by atoms with E-state index in [1.165, 1.54) is 11.3 Å². The summed E-state index contributed by atoms with van der Waals surface area (Å²) in [5.74, 6) is -1.41. The smallest absolute Gasteiger partial charge is 0.328 e. The van der Waals surface area contributed by atoms with Crippen molar-refractivity contribution in [1.29, 1.82) is 0 Å². The molecule has 1 heterocycles. The maximum Gasteiger partial charge on any atom is 0.328 e. The average molecular weight is 699 g/mol. The topological polar surface area (TPSA) is 113 Å². The molecule has 1 aliphatic heterocycles. The van der Waals surface area contributed by atoms with Crippen molar-refractivity contribution in [2.24, 2.45) is 11.7 Å². The number of nitrogens with two attached hydrogens (primary N) is 1. The van der Waals surface area contributed by atoms with E-state index in [1.807, 2.05) is 69.0 Å². The lowest BCUT2D eigenvalue weighted by Crippen LogP contribution is -2.60. The maximum atomic E-state index is 15.8. The number of benzene rings is 2. The number of imide groups is 1. The number of urea groups is 1. The van der Waals surface area contributed by atoms with E-state index in [0.29, 0.717) is 30.6 Å². The van der Waals surface area contributed by atoms with Gasteiger partial charge in [-0.15, -0.1) is 0 Å². The van der Waals surface area contributed by atoms with E-state index in [0.717, 1.165) is 67.2 Å². The van der Waals surface area contributed by atoms with Gasteiger partial charge in [-0.25, -0.2) is 9.69 Å². The third-order valence-corrected chi connectivity index (χ3v) is 12.0. The maximum absolute atomic E-state index is 15.8. The molecule has 51 heavy (non-hydrogen) atoms. The molecular formula is C43H62N4O4. The van der Waals surface area contributed by atoms with Gasteiger partial charge < -0.3 is 16.0 Å². The Balaban J connectivity index is 1.84. The Morgan fingerprint density at radius 1 is 0.765 bits per heavy atom. The van der Waals surface area contributed by atoms with Crippen molar-refractivity contribution < 1.29 is 19.2 Å². The lowest BCUT2D eigenvalue weighted by molar-refractivity contribution is -0.146. The highest BCUT2D eigenvalue weighted by Gasteiger charge is 2.66. The molecule has 0 bridgehead atoms. The van der Waals surface area contributed by atoms with Gasteiger partial charge in [0.15, 0.2) is 5.54 Å². The molecule has 1 saturated heterocycles. The highest BCUT2D eigenvalue weighted by atomic mass is 16.2. The van der Waals surface area contributed by atoms with Crippen LogP contribution in [0, 0.1) is 5.92 Å². The zero-order chi connectivity index (χ0) is 37.2. The summed E-state index contributed by atoms with van der Waals surface area (Å²) in [5, 5.41) is 3.31. The Morgan fingerprint density at radius 3 is 1.71 bits per heavy atom. The summed E-state index contributed by atoms with van der Waals surface area (Å²) in [6, 6.07) is 11.5. The minimum atomic E-state index is -2.02. The molecule has 0 aromatic heterocycles. The zero-order valence-electron chi connectivity index (χ0n) is 32.4. The number of carbonyl (C=O) groups excluding carboxylic acids is 4. The van der Waals surface area contributed by atoms with Crippen LogP contribution < -0.4 is 11.1 Å². The first-order chi connectivity index (χ1) is 24.2. The Bertz CT molecular complexity index is 1560. The Morgan fingerprint density at radius 2 is 1.24 bits per heavy atom. The summed E-state index contributed by atoms with van der Waals surface area (Å²) in [4.78, 5) is 63.5. The first-order valence-electron chi connectivity index (χ1n) is 19.7. The van der Waals surface area contributed by atoms with E-state index in [9.17, 15) is 4.79 Å². The van der Waals surface area contributed by atoms with Gasteiger partial charge in [-0.05, 0) is 83.1 Å². The number of rotatable bonds is 12. The van der Waals surface area contributed by atoms with Crippen LogP contribution in [-0.2, 0) is 19.9 Å². The molecule has 1 atom stereocenters. The summed E-state index contributed by atoms with van der Waals surface area (Å²) >= 11 is 0. The number of hydrogen-bond acceptors (Lipinski definition) is 4. The second-order valence-electron chi connectivity index (χ2n) is 16.8. The summed E-state index contributed by atoms with van der Waals surface area (Å²) in [7, 11) is 0. The quantitative estimate of drug-likeness (QED) is 0.215. The largest absolute Gasteiger partial charge is 0.370 e. The normalized spacial score (nSPS) is 19.5. The fraction of sp³-hybridized carbons (Fsp3) is 0.628. The van der Waals surface area contributed by atoms with E-state index >= 15 is 14.4 Å². The van der Waals surface area contributed by atoms with Gasteiger partial charge in [0, 0.05) is 12.2 Å². The van der Waals surface area contributed by atoms with Crippen LogP contribution in [0.5, 0.6) is 0 Å². The van der Waals surface area contributed by atoms with Crippen LogP contribution in [0.2, 0.25) is 0 Å². The molecule has 3 N–H and O–H groups in total. The summed E-state index contributed by atoms with van der Waals surface area (Å²) in [6.07, 6.45) is 8.64. The van der Waals surface area contributed by atoms with E-state index in [1.54, 1.807) is 0 Å². The van der Waals surface area contributed by atoms with Crippen molar-refractivity contribution in [3.63, 3.8) is 0 Å². The Hall–Kier alpha value is -3.68. The van der Waals surface area contributed by atoms with E-state index in [-0.39, 0.29) is 35.5 Å². The van der Waals surface area contributed by atoms with Crippen molar-refractivity contribution in [1.82, 2.24) is 9.80 Å². The van der Waals surface area contributed by atoms with Gasteiger partial charge in [0.2, 0.25) is 5.91 Å². The fourth-order valence-corrected chi connectivity index (χ4v) is 9.32. The second-order valence-corrected chi connectivity index (χ2v) is 16.8. The molecular weight excluding hydrogens is 636 g/mol. The van der Waals surface area contributed by atoms with Gasteiger partial charge in [-0.3, -0.25) is 14.4 Å². The lowest BCUT2D eigenvalue weighted by Gasteiger charge is -2.42. The van der Waals surface area contributed by atoms with Crippen LogP contribution in [0.4, 0.5) is 10.5 Å². The number of nitrogens with zero attached hydrogens (tertiary/aromatic N) is 2. The van der Waals surface area contributed by atoms with Crippen LogP contribution >= 0.6 is 0 Å². The summed E-state index contributed by atoms with van der Waals surface area (Å²) in [5.41, 5.74) is 7.86. The predicted octanol–water partition coefficient (Wildman–Crippen LogP) is 9.44. The Kier molecular flexibility index (Phi) is 11.7. The number of hydrogen-bond donors (Lipinski definition) is 2. The molecule has 3 fully saturated rings. The second kappa shape index (κ2) is 15.5. The van der Waals surface area contributed by atoms with Crippen LogP contribution in [0.25, 0.3) is 0 Å². The molecule has 3 aliphatic rings. The highest BCUT2D eigenvalue weighted by Crippen LogP contribution is 2.51. The molecule has 278 valence electrons. The molecule has 2 saturated carbocycles. The van der Waals surface area contributed by atoms with Crippen LogP contribution in [0.3, 0.4) is 0 Å². The third kappa shape index (κ3) is 7.09. The van der Waals surface area contributed by atoms with Crippen LogP contribution in [0.1, 0.15) is 178 Å². The van der Waals surface area contributed by atoms with E-state index in [4.69, 9.17) is 5.73 Å². The minimum Gasteiger partial charge on any atom is -0.370 e. The van der Waals surface area contributed by atoms with Crippen LogP contribution in [-0.4, -0.2) is 45.6 Å². The molecule has 8 nitrogen and oxygen atoms in total. The molecule has 2 aromatic carbocycles. The third-order valence-electron chi connectivity index (χ3n) is 12.0. The molecule has 0 radical (unpaired) electrons. The summed E-state index contributed by atoms with van der Waals surface area (Å²) < 4.78 is 0. The Labute approximate surface area is 306 Å². The summed E-state index contributed by atoms with van der Waals surface area (Å²) in [6.45, 7) is 17.0. The van der Waals surface area contributed by atoms with Crippen LogP contribution in [0.15, 0.2) is 36.4 Å². The van der Waals surface area contributed by atoms with Gasteiger partial charge in [0.25, 0.3) is 11.8 Å². The molecule has 2 aromatic rings.